The summed E-state index contributed by atoms with van der Waals surface area (Å²) in [7, 11) is 0. The molecule has 1 fully saturated rings. The van der Waals surface area contributed by atoms with Crippen LogP contribution < -0.4 is 0 Å². The Kier molecular flexibility index (Phi) is 2.88. The highest BCUT2D eigenvalue weighted by Crippen LogP contribution is 2.24. The number of Topliss-reactive ketones (excluding diaryl/α,β-unsaturated/α-hetero) is 1. The molecule has 0 radical (unpaired) electrons. The second-order valence-corrected chi connectivity index (χ2v) is 5.00. The van der Waals surface area contributed by atoms with Crippen LogP contribution in [0.3, 0.4) is 0 Å². The molecule has 2 nitrogen and oxygen atoms in total. The second-order valence-electron chi connectivity index (χ2n) is 5.00. The van der Waals surface area contributed by atoms with Gasteiger partial charge in [0.2, 0.25) is 0 Å². The molecule has 1 saturated heterocycles. The maximum absolute atomic E-state index is 12.4. The maximum atomic E-state index is 12.4. The third-order valence-electron chi connectivity index (χ3n) is 3.60. The van der Waals surface area contributed by atoms with Crippen LogP contribution in [0, 0.1) is 5.92 Å². The van der Waals surface area contributed by atoms with Gasteiger partial charge < -0.3 is 4.74 Å². The minimum atomic E-state index is 0.0289. The highest BCUT2D eigenvalue weighted by atomic mass is 16.5. The molecule has 92 valence electrons. The monoisotopic (exact) mass is 240 g/mol. The molecule has 2 heteroatoms. The molecule has 3 rings (SSSR count). The summed E-state index contributed by atoms with van der Waals surface area (Å²) >= 11 is 0. The molecular formula is C16H16O2. The lowest BCUT2D eigenvalue weighted by atomic mass is 9.94. The van der Waals surface area contributed by atoms with Crippen molar-refractivity contribution in [1.82, 2.24) is 0 Å². The van der Waals surface area contributed by atoms with Crippen LogP contribution in [-0.4, -0.2) is 18.5 Å². The average molecular weight is 240 g/mol. The predicted octanol–water partition coefficient (Wildman–Crippen LogP) is 3.45. The van der Waals surface area contributed by atoms with Crippen molar-refractivity contribution >= 4 is 16.6 Å². The number of fused-ring (bicyclic) bond motifs is 1. The van der Waals surface area contributed by atoms with Gasteiger partial charge in [-0.15, -0.1) is 0 Å². The number of hydrogen-bond acceptors (Lipinski definition) is 2. The van der Waals surface area contributed by atoms with Crippen molar-refractivity contribution in [3.63, 3.8) is 0 Å². The molecule has 0 amide bonds. The average Bonchev–Trinajstić information content (AvgIpc) is 2.84. The van der Waals surface area contributed by atoms with Crippen molar-refractivity contribution < 1.29 is 9.53 Å². The third-order valence-corrected chi connectivity index (χ3v) is 3.60. The van der Waals surface area contributed by atoms with Gasteiger partial charge in [-0.1, -0.05) is 36.4 Å². The highest BCUT2D eigenvalue weighted by Gasteiger charge is 2.28. The lowest BCUT2D eigenvalue weighted by Gasteiger charge is -2.07. The second kappa shape index (κ2) is 4.54. The van der Waals surface area contributed by atoms with Gasteiger partial charge in [-0.2, -0.15) is 0 Å². The van der Waals surface area contributed by atoms with E-state index in [1.165, 1.54) is 5.39 Å². The fraction of sp³-hybridized carbons (Fsp3) is 0.312. The van der Waals surface area contributed by atoms with E-state index in [0.29, 0.717) is 6.61 Å². The van der Waals surface area contributed by atoms with Gasteiger partial charge in [-0.25, -0.2) is 0 Å². The zero-order valence-corrected chi connectivity index (χ0v) is 10.4. The van der Waals surface area contributed by atoms with E-state index in [2.05, 4.69) is 6.07 Å². The lowest BCUT2D eigenvalue weighted by molar-refractivity contribution is 0.0878. The number of carbonyl (C=O) groups is 1. The number of ether oxygens (including phenoxy) is 1. The van der Waals surface area contributed by atoms with Crippen LogP contribution in [0.4, 0.5) is 0 Å². The first-order valence-electron chi connectivity index (χ1n) is 6.38. The van der Waals surface area contributed by atoms with E-state index in [1.807, 2.05) is 43.3 Å². The molecule has 0 saturated carbocycles. The molecule has 1 aliphatic rings. The molecule has 0 N–H and O–H groups in total. The van der Waals surface area contributed by atoms with E-state index in [9.17, 15) is 4.79 Å². The van der Waals surface area contributed by atoms with Gasteiger partial charge in [0.1, 0.15) is 0 Å². The molecule has 2 aromatic carbocycles. The first-order chi connectivity index (χ1) is 8.74. The van der Waals surface area contributed by atoms with Crippen LogP contribution >= 0.6 is 0 Å². The molecule has 2 atom stereocenters. The van der Waals surface area contributed by atoms with Crippen molar-refractivity contribution in [3.8, 4) is 0 Å². The van der Waals surface area contributed by atoms with Gasteiger partial charge in [0.05, 0.1) is 12.7 Å². The molecule has 2 aromatic rings. The summed E-state index contributed by atoms with van der Waals surface area (Å²) in [6.45, 7) is 2.58. The first kappa shape index (κ1) is 11.4. The summed E-state index contributed by atoms with van der Waals surface area (Å²) in [6, 6.07) is 14.0. The molecule has 0 spiro atoms. The SMILES string of the molecule is CC1CC(C(=O)c2ccc3ccccc3c2)CO1. The Hall–Kier alpha value is -1.67. The van der Waals surface area contributed by atoms with Crippen LogP contribution in [-0.2, 0) is 4.74 Å². The van der Waals surface area contributed by atoms with Crippen molar-refractivity contribution in [2.45, 2.75) is 19.4 Å². The fourth-order valence-corrected chi connectivity index (χ4v) is 2.58. The summed E-state index contributed by atoms with van der Waals surface area (Å²) < 4.78 is 5.47. The molecule has 2 unspecified atom stereocenters. The minimum absolute atomic E-state index is 0.0289. The first-order valence-corrected chi connectivity index (χ1v) is 6.38. The Morgan fingerprint density at radius 2 is 1.94 bits per heavy atom. The van der Waals surface area contributed by atoms with E-state index < -0.39 is 0 Å². The highest BCUT2D eigenvalue weighted by molar-refractivity contribution is 6.01. The van der Waals surface area contributed by atoms with E-state index in [-0.39, 0.29) is 17.8 Å². The van der Waals surface area contributed by atoms with Crippen LogP contribution in [0.1, 0.15) is 23.7 Å². The predicted molar refractivity (Wildman–Crippen MR) is 71.8 cm³/mol. The Bertz CT molecular complexity index is 588. The number of benzene rings is 2. The van der Waals surface area contributed by atoms with Gasteiger partial charge in [-0.3, -0.25) is 4.79 Å². The standard InChI is InChI=1S/C16H16O2/c1-11-8-15(10-18-11)16(17)14-7-6-12-4-2-3-5-13(12)9-14/h2-7,9,11,15H,8,10H2,1H3. The topological polar surface area (TPSA) is 26.3 Å². The number of ketones is 1. The molecule has 1 aliphatic heterocycles. The minimum Gasteiger partial charge on any atom is -0.378 e. The van der Waals surface area contributed by atoms with Crippen molar-refractivity contribution in [2.75, 3.05) is 6.61 Å². The molecule has 0 aromatic heterocycles. The van der Waals surface area contributed by atoms with E-state index in [4.69, 9.17) is 4.74 Å². The summed E-state index contributed by atoms with van der Waals surface area (Å²) in [5, 5.41) is 2.29. The van der Waals surface area contributed by atoms with Crippen molar-refractivity contribution in [3.05, 3.63) is 48.0 Å². The van der Waals surface area contributed by atoms with Crippen molar-refractivity contribution in [2.24, 2.45) is 5.92 Å². The van der Waals surface area contributed by atoms with Crippen LogP contribution in [0.2, 0.25) is 0 Å². The number of hydrogen-bond donors (Lipinski definition) is 0. The summed E-state index contributed by atoms with van der Waals surface area (Å²) in [5.41, 5.74) is 0.802. The normalized spacial score (nSPS) is 23.4. The third kappa shape index (κ3) is 2.04. The molecule has 1 heterocycles. The van der Waals surface area contributed by atoms with E-state index >= 15 is 0 Å². The van der Waals surface area contributed by atoms with Gasteiger partial charge >= 0.3 is 0 Å². The summed E-state index contributed by atoms with van der Waals surface area (Å²) in [6.07, 6.45) is 1.05. The Balaban J connectivity index is 1.92. The zero-order valence-electron chi connectivity index (χ0n) is 10.4. The summed E-state index contributed by atoms with van der Waals surface area (Å²) in [4.78, 5) is 12.4. The van der Waals surface area contributed by atoms with Crippen LogP contribution in [0.5, 0.6) is 0 Å². The van der Waals surface area contributed by atoms with E-state index in [0.717, 1.165) is 17.4 Å². The van der Waals surface area contributed by atoms with Gasteiger partial charge in [-0.05, 0) is 30.2 Å². The maximum Gasteiger partial charge on any atom is 0.168 e. The summed E-state index contributed by atoms with van der Waals surface area (Å²) in [5.74, 6) is 0.242. The Labute approximate surface area is 107 Å². The van der Waals surface area contributed by atoms with Crippen LogP contribution in [0.25, 0.3) is 10.8 Å². The van der Waals surface area contributed by atoms with E-state index in [1.54, 1.807) is 0 Å². The quantitative estimate of drug-likeness (QED) is 0.751. The lowest BCUT2D eigenvalue weighted by Crippen LogP contribution is -2.14. The van der Waals surface area contributed by atoms with Gasteiger partial charge in [0.15, 0.2) is 5.78 Å². The van der Waals surface area contributed by atoms with Crippen LogP contribution in [0.15, 0.2) is 42.5 Å². The largest absolute Gasteiger partial charge is 0.378 e. The Morgan fingerprint density at radius 1 is 1.17 bits per heavy atom. The number of carbonyl (C=O) groups excluding carboxylic acids is 1. The smallest absolute Gasteiger partial charge is 0.168 e. The fourth-order valence-electron chi connectivity index (χ4n) is 2.58. The molecular weight excluding hydrogens is 224 g/mol. The van der Waals surface area contributed by atoms with Crippen molar-refractivity contribution in [1.29, 1.82) is 0 Å². The van der Waals surface area contributed by atoms with Gasteiger partial charge in [0.25, 0.3) is 0 Å². The Morgan fingerprint density at radius 3 is 2.67 bits per heavy atom. The molecule has 0 aliphatic carbocycles. The molecule has 18 heavy (non-hydrogen) atoms. The van der Waals surface area contributed by atoms with Gasteiger partial charge in [0, 0.05) is 11.5 Å². The number of rotatable bonds is 2. The zero-order chi connectivity index (χ0) is 12.5. The molecule has 0 bridgehead atoms.